The first-order valence-electron chi connectivity index (χ1n) is 6.56. The van der Waals surface area contributed by atoms with E-state index in [2.05, 4.69) is 31.0 Å². The highest BCUT2D eigenvalue weighted by Crippen LogP contribution is 2.27. The Kier molecular flexibility index (Phi) is 4.95. The molecule has 0 aromatic rings. The van der Waals surface area contributed by atoms with Crippen molar-refractivity contribution in [3.05, 3.63) is 0 Å². The van der Waals surface area contributed by atoms with Crippen LogP contribution in [0.1, 0.15) is 33.6 Å². The molecule has 0 bridgehead atoms. The number of likely N-dealkylation sites (tertiary alicyclic amines) is 1. The Morgan fingerprint density at radius 2 is 1.94 bits per heavy atom. The molecule has 1 saturated heterocycles. The Morgan fingerprint density at radius 1 is 1.41 bits per heavy atom. The van der Waals surface area contributed by atoms with E-state index in [1.807, 2.05) is 0 Å². The van der Waals surface area contributed by atoms with Gasteiger partial charge in [-0.25, -0.2) is 0 Å². The summed E-state index contributed by atoms with van der Waals surface area (Å²) in [4.78, 5) is 14.0. The van der Waals surface area contributed by atoms with Crippen LogP contribution in [0.4, 0.5) is 0 Å². The Hall–Kier alpha value is -0.610. The van der Waals surface area contributed by atoms with Crippen LogP contribution in [-0.2, 0) is 4.79 Å². The van der Waals surface area contributed by atoms with Crippen molar-refractivity contribution in [3.63, 3.8) is 0 Å². The van der Waals surface area contributed by atoms with Gasteiger partial charge in [0, 0.05) is 25.6 Å². The highest BCUT2D eigenvalue weighted by atomic mass is 16.1. The number of rotatable bonds is 3. The molecule has 0 aromatic heterocycles. The SMILES string of the molecule is CNC(=O)C1CCN(C(CN)C(C)(C)C)CC1. The van der Waals surface area contributed by atoms with Gasteiger partial charge in [-0.15, -0.1) is 0 Å². The predicted octanol–water partition coefficient (Wildman–Crippen LogP) is 0.818. The average molecular weight is 241 g/mol. The molecule has 4 heteroatoms. The molecule has 0 aliphatic carbocycles. The van der Waals surface area contributed by atoms with E-state index in [1.54, 1.807) is 7.05 Å². The molecule has 4 nitrogen and oxygen atoms in total. The Labute approximate surface area is 105 Å². The van der Waals surface area contributed by atoms with Crippen LogP contribution >= 0.6 is 0 Å². The van der Waals surface area contributed by atoms with Crippen LogP contribution in [0.5, 0.6) is 0 Å². The highest BCUT2D eigenvalue weighted by molar-refractivity contribution is 5.78. The second kappa shape index (κ2) is 5.83. The lowest BCUT2D eigenvalue weighted by atomic mass is 9.83. The first-order chi connectivity index (χ1) is 7.90. The van der Waals surface area contributed by atoms with Crippen LogP contribution in [-0.4, -0.2) is 43.5 Å². The van der Waals surface area contributed by atoms with E-state index >= 15 is 0 Å². The van der Waals surface area contributed by atoms with E-state index in [9.17, 15) is 4.79 Å². The van der Waals surface area contributed by atoms with Crippen molar-refractivity contribution in [2.24, 2.45) is 17.1 Å². The van der Waals surface area contributed by atoms with Crippen LogP contribution < -0.4 is 11.1 Å². The second-order valence-corrected chi connectivity index (χ2v) is 6.04. The molecule has 1 rings (SSSR count). The molecule has 1 amide bonds. The van der Waals surface area contributed by atoms with Crippen LogP contribution in [0.3, 0.4) is 0 Å². The molecule has 1 aliphatic rings. The van der Waals surface area contributed by atoms with Crippen molar-refractivity contribution in [3.8, 4) is 0 Å². The van der Waals surface area contributed by atoms with E-state index in [4.69, 9.17) is 5.73 Å². The molecule has 1 heterocycles. The molecule has 1 aliphatic heterocycles. The van der Waals surface area contributed by atoms with Crippen molar-refractivity contribution >= 4 is 5.91 Å². The van der Waals surface area contributed by atoms with Gasteiger partial charge in [-0.05, 0) is 31.3 Å². The fraction of sp³-hybridized carbons (Fsp3) is 0.923. The van der Waals surface area contributed by atoms with E-state index in [-0.39, 0.29) is 17.2 Å². The molecule has 1 atom stereocenters. The number of piperidine rings is 1. The maximum absolute atomic E-state index is 11.6. The number of nitrogens with one attached hydrogen (secondary N) is 1. The van der Waals surface area contributed by atoms with Crippen LogP contribution in [0.2, 0.25) is 0 Å². The summed E-state index contributed by atoms with van der Waals surface area (Å²) < 4.78 is 0. The van der Waals surface area contributed by atoms with Crippen LogP contribution in [0.25, 0.3) is 0 Å². The van der Waals surface area contributed by atoms with Crippen LogP contribution in [0.15, 0.2) is 0 Å². The minimum Gasteiger partial charge on any atom is -0.359 e. The third-order valence-corrected chi connectivity index (χ3v) is 3.81. The second-order valence-electron chi connectivity index (χ2n) is 6.04. The van der Waals surface area contributed by atoms with Crippen molar-refractivity contribution in [1.29, 1.82) is 0 Å². The molecular formula is C13H27N3O. The summed E-state index contributed by atoms with van der Waals surface area (Å²) in [6.07, 6.45) is 1.90. The zero-order chi connectivity index (χ0) is 13.1. The quantitative estimate of drug-likeness (QED) is 0.769. The molecule has 17 heavy (non-hydrogen) atoms. The molecule has 1 fully saturated rings. The number of hydrogen-bond donors (Lipinski definition) is 2. The van der Waals surface area contributed by atoms with E-state index in [1.165, 1.54) is 0 Å². The predicted molar refractivity (Wildman–Crippen MR) is 70.7 cm³/mol. The summed E-state index contributed by atoms with van der Waals surface area (Å²) in [6.45, 7) is 9.35. The van der Waals surface area contributed by atoms with E-state index in [0.29, 0.717) is 12.6 Å². The van der Waals surface area contributed by atoms with Crippen molar-refractivity contribution in [1.82, 2.24) is 10.2 Å². The molecule has 3 N–H and O–H groups in total. The number of hydrogen-bond acceptors (Lipinski definition) is 3. The lowest BCUT2D eigenvalue weighted by Gasteiger charge is -2.42. The fourth-order valence-corrected chi connectivity index (χ4v) is 2.73. The molecule has 0 radical (unpaired) electrons. The van der Waals surface area contributed by atoms with Gasteiger partial charge in [-0.2, -0.15) is 0 Å². The van der Waals surface area contributed by atoms with E-state index < -0.39 is 0 Å². The van der Waals surface area contributed by atoms with Crippen molar-refractivity contribution in [2.45, 2.75) is 39.7 Å². The molecule has 0 aromatic carbocycles. The molecule has 1 unspecified atom stereocenters. The minimum absolute atomic E-state index is 0.185. The summed E-state index contributed by atoms with van der Waals surface area (Å²) in [7, 11) is 1.71. The number of nitrogens with zero attached hydrogens (tertiary/aromatic N) is 1. The smallest absolute Gasteiger partial charge is 0.222 e. The summed E-state index contributed by atoms with van der Waals surface area (Å²) in [6, 6.07) is 0.410. The Balaban J connectivity index is 2.53. The van der Waals surface area contributed by atoms with Gasteiger partial charge in [0.25, 0.3) is 0 Å². The van der Waals surface area contributed by atoms with Gasteiger partial charge in [0.2, 0.25) is 5.91 Å². The summed E-state index contributed by atoms with van der Waals surface area (Å²) >= 11 is 0. The van der Waals surface area contributed by atoms with Gasteiger partial charge in [0.1, 0.15) is 0 Å². The third-order valence-electron chi connectivity index (χ3n) is 3.81. The zero-order valence-electron chi connectivity index (χ0n) is 11.6. The monoisotopic (exact) mass is 241 g/mol. The Bertz CT molecular complexity index is 252. The van der Waals surface area contributed by atoms with Gasteiger partial charge in [-0.3, -0.25) is 9.69 Å². The summed E-state index contributed by atoms with van der Waals surface area (Å²) in [5.74, 6) is 0.374. The van der Waals surface area contributed by atoms with Gasteiger partial charge in [0.15, 0.2) is 0 Å². The lowest BCUT2D eigenvalue weighted by molar-refractivity contribution is -0.126. The average Bonchev–Trinajstić information content (AvgIpc) is 2.28. The first-order valence-corrected chi connectivity index (χ1v) is 6.56. The van der Waals surface area contributed by atoms with Gasteiger partial charge in [-0.1, -0.05) is 20.8 Å². The summed E-state index contributed by atoms with van der Waals surface area (Å²) in [5, 5.41) is 2.74. The van der Waals surface area contributed by atoms with Gasteiger partial charge < -0.3 is 11.1 Å². The maximum Gasteiger partial charge on any atom is 0.222 e. The van der Waals surface area contributed by atoms with Crippen molar-refractivity contribution in [2.75, 3.05) is 26.7 Å². The molecule has 100 valence electrons. The standard InChI is InChI=1S/C13H27N3O/c1-13(2,3)11(9-14)16-7-5-10(6-8-16)12(17)15-4/h10-11H,5-9,14H2,1-4H3,(H,15,17). The third kappa shape index (κ3) is 3.68. The lowest BCUT2D eigenvalue weighted by Crippen LogP contribution is -2.52. The summed E-state index contributed by atoms with van der Waals surface area (Å²) in [5.41, 5.74) is 6.09. The van der Waals surface area contributed by atoms with Gasteiger partial charge in [0.05, 0.1) is 0 Å². The molecule has 0 spiro atoms. The topological polar surface area (TPSA) is 58.4 Å². The number of carbonyl (C=O) groups is 1. The fourth-order valence-electron chi connectivity index (χ4n) is 2.73. The normalized spacial score (nSPS) is 21.2. The number of carbonyl (C=O) groups excluding carboxylic acids is 1. The molecular weight excluding hydrogens is 214 g/mol. The van der Waals surface area contributed by atoms with E-state index in [0.717, 1.165) is 25.9 Å². The Morgan fingerprint density at radius 3 is 2.29 bits per heavy atom. The number of amides is 1. The molecule has 0 saturated carbocycles. The number of nitrogens with two attached hydrogens (primary N) is 1. The van der Waals surface area contributed by atoms with Gasteiger partial charge >= 0.3 is 0 Å². The highest BCUT2D eigenvalue weighted by Gasteiger charge is 2.33. The van der Waals surface area contributed by atoms with Crippen LogP contribution in [0, 0.1) is 11.3 Å². The minimum atomic E-state index is 0.185. The van der Waals surface area contributed by atoms with Crippen molar-refractivity contribution < 1.29 is 4.79 Å². The first kappa shape index (κ1) is 14.5. The zero-order valence-corrected chi connectivity index (χ0v) is 11.6. The maximum atomic E-state index is 11.6. The largest absolute Gasteiger partial charge is 0.359 e.